The highest BCUT2D eigenvalue weighted by atomic mass is 35.5. The van der Waals surface area contributed by atoms with Crippen molar-refractivity contribution in [3.8, 4) is 0 Å². The monoisotopic (exact) mass is 428 g/mol. The van der Waals surface area contributed by atoms with E-state index < -0.39 is 15.8 Å². The molecular formula is C18H22ClFN4O3S. The molecule has 7 nitrogen and oxygen atoms in total. The Morgan fingerprint density at radius 2 is 2.18 bits per heavy atom. The van der Waals surface area contributed by atoms with Crippen LogP contribution < -0.4 is 5.32 Å². The van der Waals surface area contributed by atoms with E-state index in [1.54, 1.807) is 17.7 Å². The molecule has 1 N–H and O–H groups in total. The average Bonchev–Trinajstić information content (AvgIpc) is 3.38. The first kappa shape index (κ1) is 19.6. The van der Waals surface area contributed by atoms with Crippen LogP contribution in [-0.2, 0) is 21.8 Å². The van der Waals surface area contributed by atoms with Crippen LogP contribution in [0.1, 0.15) is 6.42 Å². The molecule has 3 atom stereocenters. The fourth-order valence-corrected chi connectivity index (χ4v) is 5.61. The molecule has 2 aliphatic heterocycles. The summed E-state index contributed by atoms with van der Waals surface area (Å²) in [6.07, 6.45) is 3.87. The van der Waals surface area contributed by atoms with Crippen molar-refractivity contribution in [2.75, 3.05) is 31.6 Å². The standard InChI is InChI=1S/C18H22ClFN4O3S/c1-23-9-18(21-11-23)28(25,26)24-7-14(12-4-5-27-10-12)17(8-24)22-13-2-3-16(20)15(19)6-13/h2-3,6,9,11-12,14,17,22H,4-5,7-8,10H2,1H3/t12?,14-,17+/m1/s1. The molecule has 0 amide bonds. The van der Waals surface area contributed by atoms with Crippen LogP contribution in [0.4, 0.5) is 10.1 Å². The quantitative estimate of drug-likeness (QED) is 0.791. The maximum absolute atomic E-state index is 13.5. The average molecular weight is 429 g/mol. The summed E-state index contributed by atoms with van der Waals surface area (Å²) >= 11 is 5.89. The molecule has 2 aromatic rings. The lowest BCUT2D eigenvalue weighted by atomic mass is 9.87. The molecule has 10 heteroatoms. The molecule has 28 heavy (non-hydrogen) atoms. The van der Waals surface area contributed by atoms with Crippen LogP contribution in [0.3, 0.4) is 0 Å². The summed E-state index contributed by atoms with van der Waals surface area (Å²) in [5.41, 5.74) is 0.664. The van der Waals surface area contributed by atoms with E-state index in [0.29, 0.717) is 32.0 Å². The molecule has 0 radical (unpaired) electrons. The fraction of sp³-hybridized carbons (Fsp3) is 0.500. The summed E-state index contributed by atoms with van der Waals surface area (Å²) in [5, 5.41) is 3.43. The number of benzene rings is 1. The van der Waals surface area contributed by atoms with Gasteiger partial charge in [-0.15, -0.1) is 0 Å². The lowest BCUT2D eigenvalue weighted by molar-refractivity contribution is 0.172. The van der Waals surface area contributed by atoms with Gasteiger partial charge in [0.25, 0.3) is 10.0 Å². The van der Waals surface area contributed by atoms with Crippen molar-refractivity contribution in [3.63, 3.8) is 0 Å². The van der Waals surface area contributed by atoms with Gasteiger partial charge in [-0.2, -0.15) is 4.31 Å². The van der Waals surface area contributed by atoms with Gasteiger partial charge in [-0.3, -0.25) is 0 Å². The van der Waals surface area contributed by atoms with Gasteiger partial charge < -0.3 is 14.6 Å². The summed E-state index contributed by atoms with van der Waals surface area (Å²) < 4.78 is 48.1. The minimum Gasteiger partial charge on any atom is -0.381 e. The third-order valence-electron chi connectivity index (χ3n) is 5.46. The third kappa shape index (κ3) is 3.76. The van der Waals surface area contributed by atoms with Crippen LogP contribution in [0.2, 0.25) is 5.02 Å². The second-order valence-electron chi connectivity index (χ2n) is 7.37. The molecule has 1 unspecified atom stereocenters. The summed E-state index contributed by atoms with van der Waals surface area (Å²) in [4.78, 5) is 4.01. The van der Waals surface area contributed by atoms with Gasteiger partial charge in [0, 0.05) is 51.3 Å². The SMILES string of the molecule is Cn1cnc(S(=O)(=O)N2C[C@H](Nc3ccc(F)c(Cl)c3)[C@@H](C3CCOC3)C2)c1. The van der Waals surface area contributed by atoms with E-state index in [4.69, 9.17) is 16.3 Å². The second kappa shape index (κ2) is 7.62. The molecule has 3 heterocycles. The number of nitrogens with one attached hydrogen (secondary N) is 1. The van der Waals surface area contributed by atoms with Gasteiger partial charge in [0.1, 0.15) is 5.82 Å². The molecule has 2 saturated heterocycles. The number of imidazole rings is 1. The van der Waals surface area contributed by atoms with Crippen molar-refractivity contribution in [2.45, 2.75) is 17.5 Å². The number of ether oxygens (including phenoxy) is 1. The topological polar surface area (TPSA) is 76.5 Å². The van der Waals surface area contributed by atoms with Gasteiger partial charge in [-0.05, 0) is 36.5 Å². The van der Waals surface area contributed by atoms with Crippen molar-refractivity contribution in [1.82, 2.24) is 13.9 Å². The number of rotatable bonds is 5. The number of aromatic nitrogens is 2. The molecular weight excluding hydrogens is 407 g/mol. The number of aryl methyl sites for hydroxylation is 1. The van der Waals surface area contributed by atoms with E-state index in [0.717, 1.165) is 6.42 Å². The van der Waals surface area contributed by atoms with Gasteiger partial charge in [0.05, 0.1) is 11.3 Å². The Bertz CT molecular complexity index is 961. The van der Waals surface area contributed by atoms with Crippen LogP contribution in [0.25, 0.3) is 0 Å². The largest absolute Gasteiger partial charge is 0.381 e. The minimum absolute atomic E-state index is 0.0294. The van der Waals surface area contributed by atoms with Gasteiger partial charge >= 0.3 is 0 Å². The highest BCUT2D eigenvalue weighted by molar-refractivity contribution is 7.89. The smallest absolute Gasteiger partial charge is 0.262 e. The van der Waals surface area contributed by atoms with E-state index in [9.17, 15) is 12.8 Å². The molecule has 1 aromatic carbocycles. The number of hydrogen-bond acceptors (Lipinski definition) is 5. The van der Waals surface area contributed by atoms with Crippen molar-refractivity contribution in [2.24, 2.45) is 18.9 Å². The van der Waals surface area contributed by atoms with E-state index >= 15 is 0 Å². The Kier molecular flexibility index (Phi) is 5.34. The number of nitrogens with zero attached hydrogens (tertiary/aromatic N) is 3. The zero-order valence-corrected chi connectivity index (χ0v) is 17.0. The van der Waals surface area contributed by atoms with Crippen molar-refractivity contribution in [3.05, 3.63) is 41.6 Å². The number of hydrogen-bond donors (Lipinski definition) is 1. The van der Waals surface area contributed by atoms with Crippen LogP contribution in [0.15, 0.2) is 35.7 Å². The van der Waals surface area contributed by atoms with Crippen LogP contribution in [0.5, 0.6) is 0 Å². The van der Waals surface area contributed by atoms with E-state index in [2.05, 4.69) is 10.3 Å². The minimum atomic E-state index is -3.69. The summed E-state index contributed by atoms with van der Waals surface area (Å²) in [6, 6.07) is 4.30. The Morgan fingerprint density at radius 1 is 1.36 bits per heavy atom. The molecule has 0 saturated carbocycles. The highest BCUT2D eigenvalue weighted by Gasteiger charge is 2.44. The molecule has 0 aliphatic carbocycles. The van der Waals surface area contributed by atoms with E-state index in [-0.39, 0.29) is 27.9 Å². The van der Waals surface area contributed by atoms with Gasteiger partial charge in [-0.25, -0.2) is 17.8 Å². The molecule has 2 fully saturated rings. The first-order valence-corrected chi connectivity index (χ1v) is 10.9. The number of halogens is 2. The second-order valence-corrected chi connectivity index (χ2v) is 9.66. The molecule has 152 valence electrons. The maximum Gasteiger partial charge on any atom is 0.262 e. The molecule has 1 aromatic heterocycles. The first-order valence-electron chi connectivity index (χ1n) is 9.12. The lowest BCUT2D eigenvalue weighted by Crippen LogP contribution is -2.33. The Morgan fingerprint density at radius 3 is 2.82 bits per heavy atom. The summed E-state index contributed by atoms with van der Waals surface area (Å²) in [6.45, 7) is 1.99. The molecule has 4 rings (SSSR count). The van der Waals surface area contributed by atoms with E-state index in [1.165, 1.54) is 29.0 Å². The van der Waals surface area contributed by atoms with Crippen LogP contribution >= 0.6 is 11.6 Å². The Hall–Kier alpha value is -1.68. The molecule has 0 bridgehead atoms. The van der Waals surface area contributed by atoms with Gasteiger partial charge in [-0.1, -0.05) is 11.6 Å². The normalized spacial score (nSPS) is 26.0. The van der Waals surface area contributed by atoms with Gasteiger partial charge in [0.15, 0.2) is 5.03 Å². The number of anilines is 1. The highest BCUT2D eigenvalue weighted by Crippen LogP contribution is 2.35. The number of sulfonamides is 1. The Labute approximate surface area is 168 Å². The Balaban J connectivity index is 1.59. The lowest BCUT2D eigenvalue weighted by Gasteiger charge is -2.25. The first-order chi connectivity index (χ1) is 13.3. The molecule has 2 aliphatic rings. The van der Waals surface area contributed by atoms with Crippen molar-refractivity contribution >= 4 is 27.3 Å². The van der Waals surface area contributed by atoms with Crippen molar-refractivity contribution < 1.29 is 17.5 Å². The van der Waals surface area contributed by atoms with Crippen LogP contribution in [-0.4, -0.2) is 54.6 Å². The predicted octanol–water partition coefficient (Wildman–Crippen LogP) is 2.35. The summed E-state index contributed by atoms with van der Waals surface area (Å²) in [7, 11) is -1.95. The molecule has 0 spiro atoms. The zero-order valence-electron chi connectivity index (χ0n) is 15.4. The predicted molar refractivity (Wildman–Crippen MR) is 103 cm³/mol. The maximum atomic E-state index is 13.5. The zero-order chi connectivity index (χ0) is 19.9. The summed E-state index contributed by atoms with van der Waals surface area (Å²) in [5.74, 6) is -0.152. The third-order valence-corrected chi connectivity index (χ3v) is 7.47. The van der Waals surface area contributed by atoms with Crippen LogP contribution in [0, 0.1) is 17.7 Å². The van der Waals surface area contributed by atoms with Crippen molar-refractivity contribution in [1.29, 1.82) is 0 Å². The van der Waals surface area contributed by atoms with Gasteiger partial charge in [0.2, 0.25) is 0 Å². The van der Waals surface area contributed by atoms with E-state index in [1.807, 2.05) is 0 Å². The fourth-order valence-electron chi connectivity index (χ4n) is 3.96.